The van der Waals surface area contributed by atoms with E-state index < -0.39 is 5.91 Å². The number of aromatic nitrogens is 1. The van der Waals surface area contributed by atoms with Gasteiger partial charge >= 0.3 is 0 Å². The van der Waals surface area contributed by atoms with Gasteiger partial charge in [0.15, 0.2) is 0 Å². The lowest BCUT2D eigenvalue weighted by Gasteiger charge is -2.20. The van der Waals surface area contributed by atoms with Crippen molar-refractivity contribution in [3.05, 3.63) is 57.8 Å². The summed E-state index contributed by atoms with van der Waals surface area (Å²) < 4.78 is 0. The first-order valence-electron chi connectivity index (χ1n) is 7.21. The van der Waals surface area contributed by atoms with Crippen LogP contribution in [0.15, 0.2) is 36.5 Å². The molecule has 1 heterocycles. The number of nitrogens with one attached hydrogen (secondary N) is 2. The molecule has 0 saturated carbocycles. The topological polar surface area (TPSA) is 71.1 Å². The van der Waals surface area contributed by atoms with E-state index in [1.54, 1.807) is 18.2 Å². The summed E-state index contributed by atoms with van der Waals surface area (Å²) in [6, 6.07) is 7.71. The van der Waals surface area contributed by atoms with Gasteiger partial charge in [-0.3, -0.25) is 14.6 Å². The molecule has 0 aliphatic carbocycles. The summed E-state index contributed by atoms with van der Waals surface area (Å²) in [5.74, 6) is -0.760. The summed E-state index contributed by atoms with van der Waals surface area (Å²) in [5, 5.41) is 6.26. The molecule has 5 nitrogen and oxygen atoms in total. The van der Waals surface area contributed by atoms with E-state index in [0.29, 0.717) is 21.3 Å². The van der Waals surface area contributed by atoms with Crippen LogP contribution in [0.5, 0.6) is 0 Å². The lowest BCUT2D eigenvalue weighted by Crippen LogP contribution is -2.40. The van der Waals surface area contributed by atoms with Gasteiger partial charge in [-0.2, -0.15) is 0 Å². The Kier molecular flexibility index (Phi) is 5.47. The minimum Gasteiger partial charge on any atom is -0.347 e. The number of hydrogen-bond acceptors (Lipinski definition) is 3. The van der Waals surface area contributed by atoms with Crippen molar-refractivity contribution in [1.82, 2.24) is 10.3 Å². The molecule has 0 aliphatic rings. The van der Waals surface area contributed by atoms with Crippen molar-refractivity contribution in [3.63, 3.8) is 0 Å². The highest BCUT2D eigenvalue weighted by Crippen LogP contribution is 2.25. The Hall–Kier alpha value is -2.11. The Morgan fingerprint density at radius 3 is 2.42 bits per heavy atom. The minimum atomic E-state index is -0.482. The summed E-state index contributed by atoms with van der Waals surface area (Å²) in [5.41, 5.74) is 0.451. The standard InChI is InChI=1S/C17H17Cl2N3O2/c1-17(2,3)22-15(23)10-6-7-20-14(8-10)16(24)21-13-9-11(18)4-5-12(13)19/h4-9H,1-3H3,(H,21,24)(H,22,23). The van der Waals surface area contributed by atoms with Crippen LogP contribution >= 0.6 is 23.2 Å². The van der Waals surface area contributed by atoms with E-state index in [-0.39, 0.29) is 17.1 Å². The maximum Gasteiger partial charge on any atom is 0.274 e. The van der Waals surface area contributed by atoms with Crippen LogP contribution in [0.1, 0.15) is 41.6 Å². The predicted octanol–water partition coefficient (Wildman–Crippen LogP) is 4.17. The summed E-state index contributed by atoms with van der Waals surface area (Å²) in [6.07, 6.45) is 1.41. The molecule has 1 aromatic carbocycles. The van der Waals surface area contributed by atoms with Gasteiger partial charge in [-0.15, -0.1) is 0 Å². The average molecular weight is 366 g/mol. The Morgan fingerprint density at radius 1 is 1.04 bits per heavy atom. The zero-order valence-corrected chi connectivity index (χ0v) is 15.0. The van der Waals surface area contributed by atoms with E-state index in [2.05, 4.69) is 15.6 Å². The van der Waals surface area contributed by atoms with Crippen molar-refractivity contribution < 1.29 is 9.59 Å². The number of carbonyl (C=O) groups excluding carboxylic acids is 2. The molecule has 0 unspecified atom stereocenters. The molecule has 2 aromatic rings. The van der Waals surface area contributed by atoms with Crippen molar-refractivity contribution in [1.29, 1.82) is 0 Å². The highest BCUT2D eigenvalue weighted by molar-refractivity contribution is 6.35. The third kappa shape index (κ3) is 4.94. The molecule has 24 heavy (non-hydrogen) atoms. The molecule has 0 radical (unpaired) electrons. The van der Waals surface area contributed by atoms with Crippen LogP contribution in [0.4, 0.5) is 5.69 Å². The fourth-order valence-electron chi connectivity index (χ4n) is 1.89. The molecule has 0 fully saturated rings. The number of amides is 2. The number of hydrogen-bond donors (Lipinski definition) is 2. The molecule has 0 aliphatic heterocycles. The number of carbonyl (C=O) groups is 2. The normalized spacial score (nSPS) is 11.0. The van der Waals surface area contributed by atoms with Crippen LogP contribution in [0.25, 0.3) is 0 Å². The fourth-order valence-corrected chi connectivity index (χ4v) is 2.23. The summed E-state index contributed by atoms with van der Waals surface area (Å²) >= 11 is 11.9. The zero-order chi connectivity index (χ0) is 17.9. The van der Waals surface area contributed by atoms with E-state index in [0.717, 1.165) is 0 Å². The minimum absolute atomic E-state index is 0.104. The Bertz CT molecular complexity index is 786. The third-order valence-corrected chi connectivity index (χ3v) is 3.48. The molecule has 126 valence electrons. The predicted molar refractivity (Wildman–Crippen MR) is 95.9 cm³/mol. The van der Waals surface area contributed by atoms with Gasteiger partial charge in [0.05, 0.1) is 10.7 Å². The zero-order valence-electron chi connectivity index (χ0n) is 13.5. The lowest BCUT2D eigenvalue weighted by molar-refractivity contribution is 0.0919. The second-order valence-electron chi connectivity index (χ2n) is 6.21. The van der Waals surface area contributed by atoms with Gasteiger partial charge in [-0.25, -0.2) is 0 Å². The highest BCUT2D eigenvalue weighted by atomic mass is 35.5. The molecule has 2 rings (SSSR count). The van der Waals surface area contributed by atoms with Crippen LogP contribution in [0.2, 0.25) is 10.0 Å². The molecular weight excluding hydrogens is 349 g/mol. The number of rotatable bonds is 3. The van der Waals surface area contributed by atoms with Crippen LogP contribution in [0, 0.1) is 0 Å². The second-order valence-corrected chi connectivity index (χ2v) is 7.06. The van der Waals surface area contributed by atoms with E-state index in [9.17, 15) is 9.59 Å². The Labute approximate surface area is 150 Å². The average Bonchev–Trinajstić information content (AvgIpc) is 2.49. The van der Waals surface area contributed by atoms with Gasteiger partial charge in [0.25, 0.3) is 11.8 Å². The highest BCUT2D eigenvalue weighted by Gasteiger charge is 2.17. The summed E-state index contributed by atoms with van der Waals surface area (Å²) in [6.45, 7) is 5.63. The molecule has 2 amide bonds. The maximum atomic E-state index is 12.3. The molecule has 0 spiro atoms. The number of benzene rings is 1. The first kappa shape index (κ1) is 18.2. The third-order valence-electron chi connectivity index (χ3n) is 2.92. The van der Waals surface area contributed by atoms with Gasteiger partial charge in [-0.1, -0.05) is 23.2 Å². The largest absolute Gasteiger partial charge is 0.347 e. The van der Waals surface area contributed by atoms with Crippen LogP contribution in [-0.2, 0) is 0 Å². The van der Waals surface area contributed by atoms with Crippen molar-refractivity contribution in [3.8, 4) is 0 Å². The van der Waals surface area contributed by atoms with Crippen molar-refractivity contribution in [2.24, 2.45) is 0 Å². The van der Waals surface area contributed by atoms with Crippen LogP contribution < -0.4 is 10.6 Å². The van der Waals surface area contributed by atoms with E-state index in [1.165, 1.54) is 18.3 Å². The lowest BCUT2D eigenvalue weighted by atomic mass is 10.1. The maximum absolute atomic E-state index is 12.3. The van der Waals surface area contributed by atoms with Gasteiger partial charge in [0.2, 0.25) is 0 Å². The van der Waals surface area contributed by atoms with Gasteiger partial charge in [0.1, 0.15) is 5.69 Å². The molecule has 2 N–H and O–H groups in total. The van der Waals surface area contributed by atoms with E-state index in [1.807, 2.05) is 20.8 Å². The molecule has 7 heteroatoms. The molecule has 0 atom stereocenters. The fraction of sp³-hybridized carbons (Fsp3) is 0.235. The molecule has 0 bridgehead atoms. The Morgan fingerprint density at radius 2 is 1.75 bits per heavy atom. The van der Waals surface area contributed by atoms with Gasteiger partial charge < -0.3 is 10.6 Å². The van der Waals surface area contributed by atoms with E-state index in [4.69, 9.17) is 23.2 Å². The van der Waals surface area contributed by atoms with Crippen molar-refractivity contribution in [2.45, 2.75) is 26.3 Å². The Balaban J connectivity index is 2.20. The van der Waals surface area contributed by atoms with Crippen LogP contribution in [-0.4, -0.2) is 22.3 Å². The molecule has 0 saturated heterocycles. The molecular formula is C17H17Cl2N3O2. The number of halogens is 2. The molecule has 1 aromatic heterocycles. The SMILES string of the molecule is CC(C)(C)NC(=O)c1ccnc(C(=O)Nc2cc(Cl)ccc2Cl)c1. The number of pyridine rings is 1. The number of anilines is 1. The second kappa shape index (κ2) is 7.20. The smallest absolute Gasteiger partial charge is 0.274 e. The monoisotopic (exact) mass is 365 g/mol. The first-order chi connectivity index (χ1) is 11.2. The van der Waals surface area contributed by atoms with Gasteiger partial charge in [0, 0.05) is 22.3 Å². The van der Waals surface area contributed by atoms with Crippen LogP contribution in [0.3, 0.4) is 0 Å². The van der Waals surface area contributed by atoms with Gasteiger partial charge in [-0.05, 0) is 51.1 Å². The quantitative estimate of drug-likeness (QED) is 0.857. The summed E-state index contributed by atoms with van der Waals surface area (Å²) in [7, 11) is 0. The number of nitrogens with zero attached hydrogens (tertiary/aromatic N) is 1. The van der Waals surface area contributed by atoms with Crippen molar-refractivity contribution in [2.75, 3.05) is 5.32 Å². The van der Waals surface area contributed by atoms with E-state index >= 15 is 0 Å². The summed E-state index contributed by atoms with van der Waals surface area (Å²) in [4.78, 5) is 28.5. The first-order valence-corrected chi connectivity index (χ1v) is 7.96. The van der Waals surface area contributed by atoms with Crippen molar-refractivity contribution >= 4 is 40.7 Å².